The van der Waals surface area contributed by atoms with Crippen LogP contribution in [0.2, 0.25) is 0 Å². The minimum absolute atomic E-state index is 0.0600. The van der Waals surface area contributed by atoms with Gasteiger partial charge in [0.1, 0.15) is 0 Å². The van der Waals surface area contributed by atoms with Crippen LogP contribution < -0.4 is 5.32 Å². The van der Waals surface area contributed by atoms with E-state index in [1.54, 1.807) is 7.11 Å². The van der Waals surface area contributed by atoms with E-state index in [0.29, 0.717) is 12.0 Å². The third-order valence-electron chi connectivity index (χ3n) is 4.76. The topological polar surface area (TPSA) is 44.8 Å². The monoisotopic (exact) mass is 303 g/mol. The van der Waals surface area contributed by atoms with Crippen molar-refractivity contribution in [3.8, 4) is 0 Å². The third kappa shape index (κ3) is 3.42. The van der Waals surface area contributed by atoms with Crippen LogP contribution in [0.25, 0.3) is 0 Å². The lowest BCUT2D eigenvalue weighted by molar-refractivity contribution is 0.0362. The van der Waals surface area contributed by atoms with Crippen LogP contribution in [0.4, 0.5) is 4.79 Å². The third-order valence-corrected chi connectivity index (χ3v) is 4.76. The van der Waals surface area contributed by atoms with E-state index in [4.69, 9.17) is 4.74 Å². The van der Waals surface area contributed by atoms with Crippen LogP contribution in [-0.2, 0) is 11.3 Å². The normalized spacial score (nSPS) is 20.1. The maximum Gasteiger partial charge on any atom is 0.317 e. The first kappa shape index (κ1) is 15.3. The average Bonchev–Trinajstić information content (AvgIpc) is 2.95. The lowest BCUT2D eigenvalue weighted by atomic mass is 9.79. The van der Waals surface area contributed by atoms with Crippen molar-refractivity contribution in [3.63, 3.8) is 0 Å². The van der Waals surface area contributed by atoms with Gasteiger partial charge in [-0.3, -0.25) is 0 Å². The van der Waals surface area contributed by atoms with Gasteiger partial charge in [0.05, 0.1) is 6.61 Å². The molecule has 2 heterocycles. The molecule has 0 atom stereocenters. The molecule has 5 nitrogen and oxygen atoms in total. The number of nitrogens with one attached hydrogen (secondary N) is 1. The van der Waals surface area contributed by atoms with E-state index >= 15 is 0 Å². The lowest BCUT2D eigenvalue weighted by Gasteiger charge is -2.48. The predicted octanol–water partition coefficient (Wildman–Crippen LogP) is 1.55. The van der Waals surface area contributed by atoms with E-state index in [-0.39, 0.29) is 6.03 Å². The number of rotatable bonds is 5. The zero-order valence-electron chi connectivity index (χ0n) is 13.3. The molecule has 1 aromatic carbocycles. The van der Waals surface area contributed by atoms with E-state index in [1.807, 2.05) is 35.2 Å². The van der Waals surface area contributed by atoms with Crippen LogP contribution >= 0.6 is 0 Å². The van der Waals surface area contributed by atoms with Gasteiger partial charge in [-0.05, 0) is 18.5 Å². The number of hydrogen-bond donors (Lipinski definition) is 1. The van der Waals surface area contributed by atoms with E-state index in [2.05, 4.69) is 10.2 Å². The highest BCUT2D eigenvalue weighted by Crippen LogP contribution is 2.39. The highest BCUT2D eigenvalue weighted by Gasteiger charge is 2.48. The number of carbonyl (C=O) groups is 1. The first-order valence-corrected chi connectivity index (χ1v) is 7.99. The van der Waals surface area contributed by atoms with Crippen LogP contribution in [-0.4, -0.2) is 62.3 Å². The average molecular weight is 303 g/mol. The Morgan fingerprint density at radius 1 is 1.27 bits per heavy atom. The number of benzene rings is 1. The number of likely N-dealkylation sites (tertiary alicyclic amines) is 2. The first-order valence-electron chi connectivity index (χ1n) is 7.99. The van der Waals surface area contributed by atoms with Crippen molar-refractivity contribution in [1.29, 1.82) is 0 Å². The molecule has 0 bridgehead atoms. The van der Waals surface area contributed by atoms with E-state index in [9.17, 15) is 4.79 Å². The Bertz CT molecular complexity index is 500. The van der Waals surface area contributed by atoms with Crippen molar-refractivity contribution in [2.45, 2.75) is 13.0 Å². The fraction of sp³-hybridized carbons (Fsp3) is 0.588. The number of nitrogens with zero attached hydrogens (tertiary/aromatic N) is 2. The number of urea groups is 1. The van der Waals surface area contributed by atoms with Crippen LogP contribution in [0.15, 0.2) is 30.3 Å². The van der Waals surface area contributed by atoms with Gasteiger partial charge in [0, 0.05) is 45.2 Å². The van der Waals surface area contributed by atoms with Crippen molar-refractivity contribution >= 4 is 6.03 Å². The largest absolute Gasteiger partial charge is 0.383 e. The molecular formula is C17H25N3O2. The molecule has 0 radical (unpaired) electrons. The molecule has 22 heavy (non-hydrogen) atoms. The van der Waals surface area contributed by atoms with E-state index < -0.39 is 0 Å². The molecule has 1 N–H and O–H groups in total. The Morgan fingerprint density at radius 3 is 2.77 bits per heavy atom. The first-order chi connectivity index (χ1) is 10.7. The molecule has 0 unspecified atom stereocenters. The molecule has 5 heteroatoms. The van der Waals surface area contributed by atoms with Gasteiger partial charge < -0.3 is 19.9 Å². The summed E-state index contributed by atoms with van der Waals surface area (Å²) < 4.78 is 5.14. The molecule has 0 saturated carbocycles. The molecule has 2 saturated heterocycles. The maximum absolute atomic E-state index is 12.2. The van der Waals surface area contributed by atoms with Crippen LogP contribution in [0.1, 0.15) is 12.0 Å². The number of ether oxygens (including phenoxy) is 1. The fourth-order valence-electron chi connectivity index (χ4n) is 3.49. The summed E-state index contributed by atoms with van der Waals surface area (Å²) in [6.07, 6.45) is 1.19. The van der Waals surface area contributed by atoms with E-state index in [1.165, 1.54) is 6.42 Å². The summed E-state index contributed by atoms with van der Waals surface area (Å²) in [7, 11) is 1.74. The minimum atomic E-state index is 0.0600. The fourth-order valence-corrected chi connectivity index (χ4v) is 3.49. The van der Waals surface area contributed by atoms with E-state index in [0.717, 1.165) is 44.9 Å². The molecule has 1 aromatic rings. The second kappa shape index (κ2) is 6.67. The molecule has 1 spiro atoms. The van der Waals surface area contributed by atoms with Crippen molar-refractivity contribution < 1.29 is 9.53 Å². The molecule has 120 valence electrons. The zero-order chi connectivity index (χ0) is 15.4. The summed E-state index contributed by atoms with van der Waals surface area (Å²) in [6.45, 7) is 6.38. The smallest absolute Gasteiger partial charge is 0.317 e. The van der Waals surface area contributed by atoms with Gasteiger partial charge >= 0.3 is 6.03 Å². The molecule has 2 aliphatic rings. The Labute approximate surface area is 132 Å². The minimum Gasteiger partial charge on any atom is -0.383 e. The Balaban J connectivity index is 1.40. The summed E-state index contributed by atoms with van der Waals surface area (Å²) in [4.78, 5) is 16.6. The SMILES string of the molecule is COCCN1CCC2(C1)CN(C(=O)NCc1ccccc1)C2. The molecule has 2 fully saturated rings. The van der Waals surface area contributed by atoms with Gasteiger partial charge in [-0.25, -0.2) is 4.79 Å². The summed E-state index contributed by atoms with van der Waals surface area (Å²) >= 11 is 0. The molecule has 0 aromatic heterocycles. The van der Waals surface area contributed by atoms with Gasteiger partial charge in [0.2, 0.25) is 0 Å². The maximum atomic E-state index is 12.2. The summed E-state index contributed by atoms with van der Waals surface area (Å²) in [5.41, 5.74) is 1.47. The van der Waals surface area contributed by atoms with Gasteiger partial charge in [-0.2, -0.15) is 0 Å². The number of carbonyl (C=O) groups excluding carboxylic acids is 1. The summed E-state index contributed by atoms with van der Waals surface area (Å²) in [5, 5.41) is 3.01. The Kier molecular flexibility index (Phi) is 4.64. The highest BCUT2D eigenvalue weighted by atomic mass is 16.5. The van der Waals surface area contributed by atoms with Gasteiger partial charge in [-0.1, -0.05) is 30.3 Å². The Hall–Kier alpha value is -1.59. The molecule has 2 amide bonds. The van der Waals surface area contributed by atoms with Gasteiger partial charge in [0.15, 0.2) is 0 Å². The van der Waals surface area contributed by atoms with Gasteiger partial charge in [-0.15, -0.1) is 0 Å². The number of hydrogen-bond acceptors (Lipinski definition) is 3. The molecule has 2 aliphatic heterocycles. The second-order valence-electron chi connectivity index (χ2n) is 6.52. The Morgan fingerprint density at radius 2 is 2.05 bits per heavy atom. The number of amides is 2. The van der Waals surface area contributed by atoms with Crippen molar-refractivity contribution in [1.82, 2.24) is 15.1 Å². The molecule has 3 rings (SSSR count). The quantitative estimate of drug-likeness (QED) is 0.897. The summed E-state index contributed by atoms with van der Waals surface area (Å²) in [6, 6.07) is 10.1. The standard InChI is InChI=1S/C17H25N3O2/c1-22-10-9-19-8-7-17(12-19)13-20(14-17)16(21)18-11-15-5-3-2-4-6-15/h2-6H,7-14H2,1H3,(H,18,21). The summed E-state index contributed by atoms with van der Waals surface area (Å²) in [5.74, 6) is 0. The zero-order valence-corrected chi connectivity index (χ0v) is 13.3. The highest BCUT2D eigenvalue weighted by molar-refractivity contribution is 5.75. The van der Waals surface area contributed by atoms with Crippen molar-refractivity contribution in [3.05, 3.63) is 35.9 Å². The second-order valence-corrected chi connectivity index (χ2v) is 6.52. The van der Waals surface area contributed by atoms with Crippen LogP contribution in [0.3, 0.4) is 0 Å². The van der Waals surface area contributed by atoms with Crippen LogP contribution in [0.5, 0.6) is 0 Å². The number of methoxy groups -OCH3 is 1. The van der Waals surface area contributed by atoms with Crippen molar-refractivity contribution in [2.75, 3.05) is 46.4 Å². The van der Waals surface area contributed by atoms with Crippen LogP contribution in [0, 0.1) is 5.41 Å². The lowest BCUT2D eigenvalue weighted by Crippen LogP contribution is -2.61. The molecular weight excluding hydrogens is 278 g/mol. The molecule has 0 aliphatic carbocycles. The van der Waals surface area contributed by atoms with Gasteiger partial charge in [0.25, 0.3) is 0 Å². The predicted molar refractivity (Wildman–Crippen MR) is 85.6 cm³/mol. The van der Waals surface area contributed by atoms with Crippen molar-refractivity contribution in [2.24, 2.45) is 5.41 Å².